The molecule has 1 aliphatic carbocycles. The number of tetrazole rings is 1. The average molecular weight is 686 g/mol. The van der Waals surface area contributed by atoms with Crippen LogP contribution in [0.1, 0.15) is 65.0 Å². The van der Waals surface area contributed by atoms with Crippen LogP contribution in [-0.2, 0) is 16.0 Å². The number of nitrogens with zero attached hydrogens (tertiary/aromatic N) is 10. The highest BCUT2D eigenvalue weighted by Gasteiger charge is 2.32. The fraction of sp³-hybridized carbons (Fsp3) is 0.571. The number of anilines is 2. The summed E-state index contributed by atoms with van der Waals surface area (Å²) in [4.78, 5) is 11.9. The van der Waals surface area contributed by atoms with E-state index < -0.39 is 0 Å². The highest BCUT2D eigenvalue weighted by atomic mass is 16.5. The summed E-state index contributed by atoms with van der Waals surface area (Å²) in [6.45, 7) is 11.8. The van der Waals surface area contributed by atoms with Crippen LogP contribution in [0.15, 0.2) is 43.0 Å². The Morgan fingerprint density at radius 3 is 2.56 bits per heavy atom. The molecule has 15 nitrogen and oxygen atoms in total. The van der Waals surface area contributed by atoms with E-state index in [-0.39, 0.29) is 30.3 Å². The van der Waals surface area contributed by atoms with Crippen LogP contribution >= 0.6 is 0 Å². The van der Waals surface area contributed by atoms with Gasteiger partial charge >= 0.3 is 0 Å². The van der Waals surface area contributed by atoms with E-state index in [1.54, 1.807) is 24.1 Å². The third kappa shape index (κ3) is 8.92. The van der Waals surface area contributed by atoms with Gasteiger partial charge in [-0.25, -0.2) is 14.6 Å². The van der Waals surface area contributed by atoms with Crippen molar-refractivity contribution in [3.8, 4) is 29.0 Å². The van der Waals surface area contributed by atoms with Gasteiger partial charge in [-0.05, 0) is 75.1 Å². The molecule has 1 aromatic carbocycles. The van der Waals surface area contributed by atoms with Crippen molar-refractivity contribution in [2.24, 2.45) is 5.92 Å². The van der Waals surface area contributed by atoms with Crippen molar-refractivity contribution in [2.45, 2.75) is 90.3 Å². The molecule has 1 saturated carbocycles. The standard InChI is InChI=1S/C35H47N11O4/c1-23(20-47-5)21-48-34-32(19-46(41-34)30-10-8-29(9-11-30)44-16-24(2)49-25(3)17-44)40-35-37-13-12-31(39-35)27-6-7-28(15-36)33(14-27)50-26(4)18-45-22-38-42-43-45/h6-7,12-14,19,22-26,29-30H,8-11,16-18,20-21H2,1-5H3,(H,37,39,40)/t23-,24-,25+,26-,29?,30?/m0/s1. The second-order valence-corrected chi connectivity index (χ2v) is 13.5. The fourth-order valence-electron chi connectivity index (χ4n) is 6.87. The van der Waals surface area contributed by atoms with E-state index in [0.29, 0.717) is 60.3 Å². The van der Waals surface area contributed by atoms with E-state index >= 15 is 0 Å². The van der Waals surface area contributed by atoms with E-state index in [0.717, 1.165) is 44.3 Å². The maximum Gasteiger partial charge on any atom is 0.256 e. The highest BCUT2D eigenvalue weighted by Crippen LogP contribution is 2.36. The predicted molar refractivity (Wildman–Crippen MR) is 185 cm³/mol. The summed E-state index contributed by atoms with van der Waals surface area (Å²) >= 11 is 0. The zero-order chi connectivity index (χ0) is 35.0. The molecule has 0 spiro atoms. The van der Waals surface area contributed by atoms with E-state index in [4.69, 9.17) is 29.0 Å². The number of morpholine rings is 1. The Morgan fingerprint density at radius 2 is 1.84 bits per heavy atom. The fourth-order valence-corrected chi connectivity index (χ4v) is 6.87. The molecule has 0 radical (unpaired) electrons. The molecule has 0 unspecified atom stereocenters. The van der Waals surface area contributed by atoms with E-state index in [2.05, 4.69) is 57.6 Å². The Balaban J connectivity index is 1.18. The summed E-state index contributed by atoms with van der Waals surface area (Å²) in [5.41, 5.74) is 2.56. The summed E-state index contributed by atoms with van der Waals surface area (Å²) in [5.74, 6) is 1.54. The van der Waals surface area contributed by atoms with Crippen LogP contribution in [0.2, 0.25) is 0 Å². The van der Waals surface area contributed by atoms with E-state index in [1.165, 1.54) is 6.33 Å². The molecule has 15 heteroatoms. The Hall–Kier alpha value is -4.65. The predicted octanol–water partition coefficient (Wildman–Crippen LogP) is 4.66. The topological polar surface area (TPSA) is 163 Å². The lowest BCUT2D eigenvalue weighted by molar-refractivity contribution is -0.0852. The number of hydrogen-bond acceptors (Lipinski definition) is 13. The summed E-state index contributed by atoms with van der Waals surface area (Å²) in [7, 11) is 1.69. The SMILES string of the molecule is COC[C@H](C)COc1nn(C2CCC(N3C[C@@H](C)O[C@@H](C)C3)CC2)cc1Nc1nccc(-c2ccc(C#N)c(O[C@@H](C)Cn3cnnn3)c2)n1. The first kappa shape index (κ1) is 35.2. The molecular formula is C35H47N11O4. The number of methoxy groups -OCH3 is 1. The molecule has 4 aromatic rings. The van der Waals surface area contributed by atoms with Gasteiger partial charge in [-0.15, -0.1) is 10.2 Å². The first-order chi connectivity index (χ1) is 24.3. The van der Waals surface area contributed by atoms with Gasteiger partial charge < -0.3 is 24.3 Å². The smallest absolute Gasteiger partial charge is 0.256 e. The van der Waals surface area contributed by atoms with Crippen LogP contribution in [0, 0.1) is 17.2 Å². The van der Waals surface area contributed by atoms with Crippen molar-refractivity contribution in [2.75, 3.05) is 38.7 Å². The molecule has 6 rings (SSSR count). The first-order valence-corrected chi connectivity index (χ1v) is 17.4. The lowest BCUT2D eigenvalue weighted by Crippen LogP contribution is -2.51. The van der Waals surface area contributed by atoms with Crippen LogP contribution in [-0.4, -0.2) is 103 Å². The van der Waals surface area contributed by atoms with Gasteiger partial charge in [0.05, 0.1) is 55.5 Å². The van der Waals surface area contributed by atoms with Crippen molar-refractivity contribution >= 4 is 11.6 Å². The number of ether oxygens (including phenoxy) is 4. The van der Waals surface area contributed by atoms with Gasteiger partial charge in [-0.1, -0.05) is 13.0 Å². The van der Waals surface area contributed by atoms with Crippen LogP contribution < -0.4 is 14.8 Å². The number of nitrogens with one attached hydrogen (secondary N) is 1. The number of hydrogen-bond donors (Lipinski definition) is 1. The third-order valence-corrected chi connectivity index (χ3v) is 9.12. The number of benzene rings is 1. The largest absolute Gasteiger partial charge is 0.487 e. The lowest BCUT2D eigenvalue weighted by atomic mass is 9.89. The van der Waals surface area contributed by atoms with E-state index in [1.807, 2.05) is 36.0 Å². The zero-order valence-corrected chi connectivity index (χ0v) is 29.5. The Bertz CT molecular complexity index is 1710. The van der Waals surface area contributed by atoms with Crippen molar-refractivity contribution in [3.63, 3.8) is 0 Å². The van der Waals surface area contributed by atoms with Gasteiger partial charge in [0.1, 0.15) is 29.9 Å². The van der Waals surface area contributed by atoms with Gasteiger partial charge in [-0.2, -0.15) is 5.26 Å². The molecule has 2 aliphatic rings. The highest BCUT2D eigenvalue weighted by molar-refractivity contribution is 5.66. The van der Waals surface area contributed by atoms with Crippen LogP contribution in [0.3, 0.4) is 0 Å². The van der Waals surface area contributed by atoms with Crippen molar-refractivity contribution in [3.05, 3.63) is 48.5 Å². The van der Waals surface area contributed by atoms with Gasteiger partial charge in [0.2, 0.25) is 5.95 Å². The van der Waals surface area contributed by atoms with Gasteiger partial charge in [-0.3, -0.25) is 9.58 Å². The molecule has 3 aromatic heterocycles. The molecule has 1 N–H and O–H groups in total. The Labute approximate surface area is 292 Å². The molecule has 2 fully saturated rings. The molecule has 0 amide bonds. The number of nitriles is 1. The molecule has 4 atom stereocenters. The van der Waals surface area contributed by atoms with Gasteiger partial charge in [0.15, 0.2) is 0 Å². The van der Waals surface area contributed by atoms with Gasteiger partial charge in [0.25, 0.3) is 5.88 Å². The zero-order valence-electron chi connectivity index (χ0n) is 29.5. The Kier molecular flexibility index (Phi) is 11.5. The summed E-state index contributed by atoms with van der Waals surface area (Å²) in [6.07, 6.45) is 9.78. The molecule has 1 aliphatic heterocycles. The third-order valence-electron chi connectivity index (χ3n) is 9.12. The molecular weight excluding hydrogens is 638 g/mol. The minimum Gasteiger partial charge on any atom is -0.487 e. The maximum atomic E-state index is 9.74. The second kappa shape index (κ2) is 16.4. The number of rotatable bonds is 14. The number of aromatic nitrogens is 8. The second-order valence-electron chi connectivity index (χ2n) is 13.5. The summed E-state index contributed by atoms with van der Waals surface area (Å²) in [5, 5.41) is 29.3. The lowest BCUT2D eigenvalue weighted by Gasteiger charge is -2.42. The van der Waals surface area contributed by atoms with Crippen molar-refractivity contribution in [1.29, 1.82) is 5.26 Å². The minimum absolute atomic E-state index is 0.190. The van der Waals surface area contributed by atoms with Crippen molar-refractivity contribution in [1.82, 2.24) is 44.9 Å². The van der Waals surface area contributed by atoms with Crippen LogP contribution in [0.4, 0.5) is 11.6 Å². The van der Waals surface area contributed by atoms with Crippen molar-refractivity contribution < 1.29 is 18.9 Å². The average Bonchev–Trinajstić information content (AvgIpc) is 3.77. The molecule has 50 heavy (non-hydrogen) atoms. The summed E-state index contributed by atoms with van der Waals surface area (Å²) in [6, 6.07) is 10.3. The van der Waals surface area contributed by atoms with E-state index in [9.17, 15) is 5.26 Å². The minimum atomic E-state index is -0.285. The molecule has 4 heterocycles. The maximum absolute atomic E-state index is 9.74. The molecule has 266 valence electrons. The monoisotopic (exact) mass is 685 g/mol. The molecule has 0 bridgehead atoms. The normalized spacial score (nSPS) is 22.4. The Morgan fingerprint density at radius 1 is 1.06 bits per heavy atom. The van der Waals surface area contributed by atoms with Crippen LogP contribution in [0.25, 0.3) is 11.3 Å². The quantitative estimate of drug-likeness (QED) is 0.195. The summed E-state index contributed by atoms with van der Waals surface area (Å²) < 4.78 is 27.3. The van der Waals surface area contributed by atoms with Crippen LogP contribution in [0.5, 0.6) is 11.6 Å². The van der Waals surface area contributed by atoms with Gasteiger partial charge in [0, 0.05) is 43.9 Å². The molecule has 1 saturated heterocycles. The first-order valence-electron chi connectivity index (χ1n) is 17.4.